The molecule has 0 radical (unpaired) electrons. The first-order valence-electron chi connectivity index (χ1n) is 7.02. The van der Waals surface area contributed by atoms with Crippen molar-refractivity contribution >= 4 is 29.4 Å². The Bertz CT molecular complexity index is 759. The monoisotopic (exact) mass is 317 g/mol. The van der Waals surface area contributed by atoms with Gasteiger partial charge in [0.1, 0.15) is 5.69 Å². The first kappa shape index (κ1) is 14.6. The van der Waals surface area contributed by atoms with E-state index in [1.807, 2.05) is 0 Å². The molecule has 2 aromatic rings. The van der Waals surface area contributed by atoms with E-state index in [2.05, 4.69) is 14.6 Å². The number of H-pyrrole nitrogens is 1. The van der Waals surface area contributed by atoms with Gasteiger partial charge in [-0.2, -0.15) is 0 Å². The van der Waals surface area contributed by atoms with Crippen LogP contribution in [0.15, 0.2) is 11.0 Å². The Morgan fingerprint density at radius 1 is 1.50 bits per heavy atom. The van der Waals surface area contributed by atoms with E-state index < -0.39 is 5.97 Å². The first-order valence-corrected chi connectivity index (χ1v) is 7.86. The minimum atomic E-state index is -0.420. The second-order valence-electron chi connectivity index (χ2n) is 5.03. The molecule has 1 aliphatic rings. The zero-order valence-electron chi connectivity index (χ0n) is 12.3. The van der Waals surface area contributed by atoms with Crippen molar-refractivity contribution < 1.29 is 14.3 Å². The molecular weight excluding hydrogens is 302 g/mol. The van der Waals surface area contributed by atoms with Crippen LogP contribution in [0.1, 0.15) is 51.1 Å². The molecule has 3 rings (SSSR count). The number of carbonyl (C=O) groups is 2. The lowest BCUT2D eigenvalue weighted by molar-refractivity contribution is 0.0519. The molecule has 0 spiro atoms. The number of aryl methyl sites for hydroxylation is 1. The second kappa shape index (κ2) is 5.84. The van der Waals surface area contributed by atoms with Gasteiger partial charge in [0.15, 0.2) is 5.78 Å². The van der Waals surface area contributed by atoms with Crippen molar-refractivity contribution in [2.45, 2.75) is 26.7 Å². The van der Waals surface area contributed by atoms with Crippen molar-refractivity contribution in [3.63, 3.8) is 0 Å². The Balaban J connectivity index is 1.98. The van der Waals surface area contributed by atoms with Crippen LogP contribution < -0.4 is 0 Å². The van der Waals surface area contributed by atoms with Gasteiger partial charge in [-0.25, -0.2) is 4.79 Å². The zero-order valence-corrected chi connectivity index (χ0v) is 13.1. The van der Waals surface area contributed by atoms with Crippen molar-refractivity contribution in [3.05, 3.63) is 39.2 Å². The molecular formula is C15H15N3O3S. The van der Waals surface area contributed by atoms with Crippen molar-refractivity contribution in [2.24, 2.45) is 0 Å². The topological polar surface area (TPSA) is 84.9 Å². The highest BCUT2D eigenvalue weighted by Gasteiger charge is 2.29. The number of fused-ring (bicyclic) bond motifs is 1. The van der Waals surface area contributed by atoms with Crippen LogP contribution in [0.4, 0.5) is 0 Å². The Morgan fingerprint density at radius 3 is 3.00 bits per heavy atom. The number of carbonyl (C=O) groups excluding carboxylic acids is 2. The van der Waals surface area contributed by atoms with Gasteiger partial charge in [0.25, 0.3) is 0 Å². The van der Waals surface area contributed by atoms with Crippen LogP contribution in [0.3, 0.4) is 0 Å². The molecule has 22 heavy (non-hydrogen) atoms. The first-order chi connectivity index (χ1) is 10.6. The minimum absolute atomic E-state index is 0.0569. The van der Waals surface area contributed by atoms with Gasteiger partial charge in [0.05, 0.1) is 12.3 Å². The summed E-state index contributed by atoms with van der Waals surface area (Å²) in [6, 6.07) is 0. The lowest BCUT2D eigenvalue weighted by Gasteiger charge is -2.14. The fourth-order valence-corrected chi connectivity index (χ4v) is 3.06. The van der Waals surface area contributed by atoms with Crippen LogP contribution in [-0.2, 0) is 11.2 Å². The average molecular weight is 317 g/mol. The molecule has 0 fully saturated rings. The maximum absolute atomic E-state index is 12.7. The summed E-state index contributed by atoms with van der Waals surface area (Å²) in [5.41, 5.74) is 3.80. The Kier molecular flexibility index (Phi) is 3.89. The molecule has 114 valence electrons. The summed E-state index contributed by atoms with van der Waals surface area (Å²) in [7, 11) is 0. The third-order valence-electron chi connectivity index (χ3n) is 3.67. The summed E-state index contributed by atoms with van der Waals surface area (Å²) in [6.07, 6.45) is 3.07. The van der Waals surface area contributed by atoms with Crippen LogP contribution in [-0.4, -0.2) is 32.9 Å². The molecule has 0 atom stereocenters. The largest absolute Gasteiger partial charge is 0.461 e. The summed E-state index contributed by atoms with van der Waals surface area (Å²) < 4.78 is 8.81. The predicted octanol–water partition coefficient (Wildman–Crippen LogP) is 2.56. The molecule has 2 aromatic heterocycles. The van der Waals surface area contributed by atoms with Crippen molar-refractivity contribution in [1.29, 1.82) is 0 Å². The van der Waals surface area contributed by atoms with Crippen molar-refractivity contribution in [1.82, 2.24) is 14.6 Å². The van der Waals surface area contributed by atoms with E-state index in [1.54, 1.807) is 25.3 Å². The molecule has 0 bridgehead atoms. The van der Waals surface area contributed by atoms with Crippen LogP contribution in [0, 0.1) is 6.92 Å². The van der Waals surface area contributed by atoms with Gasteiger partial charge in [-0.05, 0) is 49.9 Å². The molecule has 6 nitrogen and oxygen atoms in total. The fourth-order valence-electron chi connectivity index (χ4n) is 2.65. The van der Waals surface area contributed by atoms with Gasteiger partial charge in [-0.1, -0.05) is 4.49 Å². The standard InChI is InChI=1S/C15H15N3O3S/c1-3-21-15(20)13-8(2)12-11(16-13)5-4-9(14(12)19)6-10-7-22-18-17-10/h6-7,16H,3-5H2,1-2H3/b9-6-. The quantitative estimate of drug-likeness (QED) is 0.694. The number of nitrogens with one attached hydrogen (secondary N) is 1. The number of allylic oxidation sites excluding steroid dienone is 1. The molecule has 0 aromatic carbocycles. The second-order valence-corrected chi connectivity index (χ2v) is 5.64. The SMILES string of the molecule is CCOC(=O)c1[nH]c2c(c1C)C(=O)/C(=C\c1csnn1)CC2. The predicted molar refractivity (Wildman–Crippen MR) is 82.0 cm³/mol. The summed E-state index contributed by atoms with van der Waals surface area (Å²) >= 11 is 1.25. The maximum Gasteiger partial charge on any atom is 0.355 e. The van der Waals surface area contributed by atoms with E-state index >= 15 is 0 Å². The van der Waals surface area contributed by atoms with E-state index in [0.29, 0.717) is 47.5 Å². The van der Waals surface area contributed by atoms with Gasteiger partial charge in [0, 0.05) is 22.2 Å². The van der Waals surface area contributed by atoms with E-state index in [0.717, 1.165) is 5.69 Å². The molecule has 1 N–H and O–H groups in total. The number of rotatable bonds is 3. The van der Waals surface area contributed by atoms with E-state index in [9.17, 15) is 9.59 Å². The molecule has 0 unspecified atom stereocenters. The molecule has 2 heterocycles. The van der Waals surface area contributed by atoms with Crippen molar-refractivity contribution in [2.75, 3.05) is 6.61 Å². The highest BCUT2D eigenvalue weighted by molar-refractivity contribution is 7.03. The Morgan fingerprint density at radius 2 is 2.32 bits per heavy atom. The summed E-state index contributed by atoms with van der Waals surface area (Å²) in [6.45, 7) is 3.83. The number of nitrogens with zero attached hydrogens (tertiary/aromatic N) is 2. The van der Waals surface area contributed by atoms with Gasteiger partial charge < -0.3 is 9.72 Å². The molecule has 7 heteroatoms. The maximum atomic E-state index is 12.7. The van der Waals surface area contributed by atoms with E-state index in [-0.39, 0.29) is 5.78 Å². The number of aromatic nitrogens is 3. The minimum Gasteiger partial charge on any atom is -0.461 e. The lowest BCUT2D eigenvalue weighted by Crippen LogP contribution is -2.14. The zero-order chi connectivity index (χ0) is 15.7. The summed E-state index contributed by atoms with van der Waals surface area (Å²) in [5, 5.41) is 5.73. The molecule has 0 saturated heterocycles. The van der Waals surface area contributed by atoms with Crippen molar-refractivity contribution in [3.8, 4) is 0 Å². The average Bonchev–Trinajstić information content (AvgIpc) is 3.10. The smallest absolute Gasteiger partial charge is 0.355 e. The number of ether oxygens (including phenoxy) is 1. The number of aromatic amines is 1. The number of Topliss-reactive ketones (excluding diaryl/α,β-unsaturated/α-hetero) is 1. The fraction of sp³-hybridized carbons (Fsp3) is 0.333. The van der Waals surface area contributed by atoms with Crippen LogP contribution >= 0.6 is 11.5 Å². The van der Waals surface area contributed by atoms with Crippen LogP contribution in [0.5, 0.6) is 0 Å². The van der Waals surface area contributed by atoms with Gasteiger partial charge in [-0.15, -0.1) is 5.10 Å². The number of hydrogen-bond acceptors (Lipinski definition) is 6. The highest BCUT2D eigenvalue weighted by Crippen LogP contribution is 2.30. The summed E-state index contributed by atoms with van der Waals surface area (Å²) in [5.74, 6) is -0.477. The van der Waals surface area contributed by atoms with Crippen LogP contribution in [0.25, 0.3) is 6.08 Å². The van der Waals surface area contributed by atoms with Gasteiger partial charge in [-0.3, -0.25) is 4.79 Å². The molecule has 1 aliphatic carbocycles. The third kappa shape index (κ3) is 2.48. The number of hydrogen-bond donors (Lipinski definition) is 1. The van der Waals surface area contributed by atoms with E-state index in [4.69, 9.17) is 4.74 Å². The lowest BCUT2D eigenvalue weighted by atomic mass is 9.89. The molecule has 0 saturated carbocycles. The molecule has 0 aliphatic heterocycles. The number of esters is 1. The Labute approximate surface area is 131 Å². The highest BCUT2D eigenvalue weighted by atomic mass is 32.1. The molecule has 0 amide bonds. The number of ketones is 1. The third-order valence-corrected chi connectivity index (χ3v) is 4.19. The Hall–Kier alpha value is -2.28. The van der Waals surface area contributed by atoms with Gasteiger partial charge >= 0.3 is 5.97 Å². The van der Waals surface area contributed by atoms with Gasteiger partial charge in [0.2, 0.25) is 0 Å². The summed E-state index contributed by atoms with van der Waals surface area (Å²) in [4.78, 5) is 27.7. The normalized spacial score (nSPS) is 15.9. The van der Waals surface area contributed by atoms with Crippen LogP contribution in [0.2, 0.25) is 0 Å². The van der Waals surface area contributed by atoms with E-state index in [1.165, 1.54) is 11.5 Å².